The van der Waals surface area contributed by atoms with Crippen molar-refractivity contribution in [2.24, 2.45) is 17.6 Å². The number of nitrogens with two attached hydrogens (primary N) is 1. The second-order valence-corrected chi connectivity index (χ2v) is 4.00. The van der Waals surface area contributed by atoms with Crippen LogP contribution >= 0.6 is 0 Å². The van der Waals surface area contributed by atoms with Crippen molar-refractivity contribution in [1.82, 2.24) is 5.32 Å². The van der Waals surface area contributed by atoms with Gasteiger partial charge in [-0.1, -0.05) is 0 Å². The molecule has 3 heteroatoms. The highest BCUT2D eigenvalue weighted by Gasteiger charge is 2.32. The molecular formula is C10H17N3. The van der Waals surface area contributed by atoms with E-state index in [-0.39, 0.29) is 0 Å². The third-order valence-electron chi connectivity index (χ3n) is 2.98. The fourth-order valence-corrected chi connectivity index (χ4v) is 1.97. The molecule has 0 aromatic heterocycles. The molecule has 13 heavy (non-hydrogen) atoms. The van der Waals surface area contributed by atoms with Gasteiger partial charge in [0.1, 0.15) is 0 Å². The summed E-state index contributed by atoms with van der Waals surface area (Å²) in [7, 11) is 0. The summed E-state index contributed by atoms with van der Waals surface area (Å²) in [4.78, 5) is 0. The average Bonchev–Trinajstić information content (AvgIpc) is 2.86. The monoisotopic (exact) mass is 179 g/mol. The minimum absolute atomic E-state index is 0.498. The van der Waals surface area contributed by atoms with E-state index in [2.05, 4.69) is 5.32 Å². The molecule has 0 aromatic rings. The van der Waals surface area contributed by atoms with Crippen LogP contribution in [0.4, 0.5) is 0 Å². The molecule has 1 aliphatic carbocycles. The molecule has 2 rings (SSSR count). The fraction of sp³-hybridized carbons (Fsp3) is 0.700. The number of nitrogens with one attached hydrogen (secondary N) is 2. The Hall–Kier alpha value is -0.830. The van der Waals surface area contributed by atoms with Crippen LogP contribution in [0.15, 0.2) is 11.8 Å². The van der Waals surface area contributed by atoms with Gasteiger partial charge in [0.05, 0.1) is 0 Å². The normalized spacial score (nSPS) is 29.2. The van der Waals surface area contributed by atoms with Gasteiger partial charge in [-0.15, -0.1) is 0 Å². The van der Waals surface area contributed by atoms with Crippen molar-refractivity contribution in [1.29, 1.82) is 5.41 Å². The van der Waals surface area contributed by atoms with Crippen LogP contribution in [0.1, 0.15) is 19.3 Å². The first-order valence-electron chi connectivity index (χ1n) is 5.04. The molecule has 1 saturated carbocycles. The third-order valence-corrected chi connectivity index (χ3v) is 2.98. The van der Waals surface area contributed by atoms with Crippen LogP contribution in [-0.4, -0.2) is 18.8 Å². The van der Waals surface area contributed by atoms with Gasteiger partial charge in [0.15, 0.2) is 0 Å². The molecule has 72 valence electrons. The van der Waals surface area contributed by atoms with Crippen LogP contribution in [-0.2, 0) is 0 Å². The minimum atomic E-state index is 0.498. The van der Waals surface area contributed by atoms with Crippen molar-refractivity contribution in [2.75, 3.05) is 13.1 Å². The number of hydrogen-bond acceptors (Lipinski definition) is 3. The number of rotatable bonds is 3. The van der Waals surface area contributed by atoms with Gasteiger partial charge in [-0.2, -0.15) is 0 Å². The second kappa shape index (κ2) is 3.50. The Kier molecular flexibility index (Phi) is 2.36. The first kappa shape index (κ1) is 8.75. The Morgan fingerprint density at radius 2 is 2.08 bits per heavy atom. The largest absolute Gasteiger partial charge is 0.404 e. The fourth-order valence-electron chi connectivity index (χ4n) is 1.97. The molecule has 1 heterocycles. The smallest absolute Gasteiger partial charge is 0.0394 e. The Morgan fingerprint density at radius 1 is 1.31 bits per heavy atom. The molecule has 3 nitrogen and oxygen atoms in total. The summed E-state index contributed by atoms with van der Waals surface area (Å²) in [6.07, 6.45) is 5.17. The molecule has 1 aliphatic heterocycles. The van der Waals surface area contributed by atoms with Crippen molar-refractivity contribution in [3.63, 3.8) is 0 Å². The average molecular weight is 179 g/mol. The van der Waals surface area contributed by atoms with E-state index >= 15 is 0 Å². The number of hydrogen-bond donors (Lipinski definition) is 3. The van der Waals surface area contributed by atoms with Crippen LogP contribution in [0.3, 0.4) is 0 Å². The molecule has 0 aromatic carbocycles. The summed E-state index contributed by atoms with van der Waals surface area (Å²) in [5, 5.41) is 11.3. The van der Waals surface area contributed by atoms with E-state index in [1.165, 1.54) is 12.8 Å². The van der Waals surface area contributed by atoms with Gasteiger partial charge in [-0.25, -0.2) is 0 Å². The van der Waals surface area contributed by atoms with Gasteiger partial charge in [0.2, 0.25) is 0 Å². The first-order valence-corrected chi connectivity index (χ1v) is 5.04. The second-order valence-electron chi connectivity index (χ2n) is 4.00. The van der Waals surface area contributed by atoms with Crippen molar-refractivity contribution in [2.45, 2.75) is 19.3 Å². The highest BCUT2D eigenvalue weighted by atomic mass is 14.9. The van der Waals surface area contributed by atoms with Crippen LogP contribution in [0.5, 0.6) is 0 Å². The highest BCUT2D eigenvalue weighted by molar-refractivity contribution is 6.01. The van der Waals surface area contributed by atoms with Crippen LogP contribution in [0.25, 0.3) is 0 Å². The Labute approximate surface area is 78.9 Å². The first-order chi connectivity index (χ1) is 6.33. The van der Waals surface area contributed by atoms with E-state index < -0.39 is 0 Å². The van der Waals surface area contributed by atoms with E-state index in [0.29, 0.717) is 11.8 Å². The van der Waals surface area contributed by atoms with Crippen molar-refractivity contribution in [3.05, 3.63) is 11.8 Å². The van der Waals surface area contributed by atoms with Gasteiger partial charge in [-0.3, -0.25) is 0 Å². The quantitative estimate of drug-likeness (QED) is 0.563. The SMILES string of the molecule is N=C(/C(=C\N)C1CCNC1)C1CC1. The van der Waals surface area contributed by atoms with E-state index in [4.69, 9.17) is 11.1 Å². The summed E-state index contributed by atoms with van der Waals surface area (Å²) in [6, 6.07) is 0. The lowest BCUT2D eigenvalue weighted by Crippen LogP contribution is -2.18. The molecule has 0 radical (unpaired) electrons. The Morgan fingerprint density at radius 3 is 2.54 bits per heavy atom. The molecule has 1 atom stereocenters. The summed E-state index contributed by atoms with van der Waals surface area (Å²) < 4.78 is 0. The summed E-state index contributed by atoms with van der Waals surface area (Å²) >= 11 is 0. The van der Waals surface area contributed by atoms with Crippen LogP contribution < -0.4 is 11.1 Å². The molecule has 4 N–H and O–H groups in total. The lowest BCUT2D eigenvalue weighted by Gasteiger charge is -2.13. The van der Waals surface area contributed by atoms with Crippen molar-refractivity contribution in [3.8, 4) is 0 Å². The zero-order chi connectivity index (χ0) is 9.26. The molecule has 2 fully saturated rings. The zero-order valence-electron chi connectivity index (χ0n) is 7.84. The minimum Gasteiger partial charge on any atom is -0.404 e. The molecule has 0 bridgehead atoms. The van der Waals surface area contributed by atoms with Crippen LogP contribution in [0, 0.1) is 17.2 Å². The van der Waals surface area contributed by atoms with E-state index in [0.717, 1.165) is 30.8 Å². The molecular weight excluding hydrogens is 162 g/mol. The summed E-state index contributed by atoms with van der Waals surface area (Å²) in [5.74, 6) is 1.02. The van der Waals surface area contributed by atoms with E-state index in [1.54, 1.807) is 6.20 Å². The maximum atomic E-state index is 7.95. The van der Waals surface area contributed by atoms with Crippen LogP contribution in [0.2, 0.25) is 0 Å². The Bertz CT molecular complexity index is 235. The van der Waals surface area contributed by atoms with E-state index in [9.17, 15) is 0 Å². The van der Waals surface area contributed by atoms with Gasteiger partial charge in [-0.05, 0) is 37.6 Å². The predicted octanol–water partition coefficient (Wildman–Crippen LogP) is 0.868. The standard InChI is InChI=1S/C10H17N3/c11-5-9(8-3-4-13-6-8)10(12)7-1-2-7/h5,7-8,12-13H,1-4,6,11H2/b9-5-,12-10?. The van der Waals surface area contributed by atoms with Gasteiger partial charge >= 0.3 is 0 Å². The topological polar surface area (TPSA) is 61.9 Å². The molecule has 2 aliphatic rings. The van der Waals surface area contributed by atoms with Crippen molar-refractivity contribution < 1.29 is 0 Å². The third kappa shape index (κ3) is 1.75. The molecule has 0 spiro atoms. The lowest BCUT2D eigenvalue weighted by atomic mass is 9.93. The zero-order valence-corrected chi connectivity index (χ0v) is 7.84. The van der Waals surface area contributed by atoms with Gasteiger partial charge in [0, 0.05) is 24.1 Å². The summed E-state index contributed by atoms with van der Waals surface area (Å²) in [5.41, 5.74) is 7.48. The van der Waals surface area contributed by atoms with Crippen molar-refractivity contribution >= 4 is 5.71 Å². The Balaban J connectivity index is 2.03. The maximum Gasteiger partial charge on any atom is 0.0394 e. The summed E-state index contributed by atoms with van der Waals surface area (Å²) in [6.45, 7) is 2.07. The van der Waals surface area contributed by atoms with Gasteiger partial charge in [0.25, 0.3) is 0 Å². The maximum absolute atomic E-state index is 7.95. The van der Waals surface area contributed by atoms with E-state index in [1.807, 2.05) is 0 Å². The molecule has 1 saturated heterocycles. The predicted molar refractivity (Wildman–Crippen MR) is 53.7 cm³/mol. The molecule has 1 unspecified atom stereocenters. The lowest BCUT2D eigenvalue weighted by molar-refractivity contribution is 0.699. The highest BCUT2D eigenvalue weighted by Crippen LogP contribution is 2.35. The van der Waals surface area contributed by atoms with Gasteiger partial charge < -0.3 is 16.5 Å². The molecule has 0 amide bonds.